The monoisotopic (exact) mass is 302 g/mol. The lowest BCUT2D eigenvalue weighted by Crippen LogP contribution is -2.35. The van der Waals surface area contributed by atoms with E-state index in [0.717, 1.165) is 26.1 Å². The maximum Gasteiger partial charge on any atom is 0.407 e. The van der Waals surface area contributed by atoms with Crippen molar-refractivity contribution >= 4 is 6.09 Å². The van der Waals surface area contributed by atoms with Crippen LogP contribution in [-0.4, -0.2) is 36.2 Å². The Labute approximate surface area is 133 Å². The molecule has 1 N–H and O–H groups in total. The normalized spacial score (nSPS) is 16.0. The number of nitrogens with one attached hydrogen (secondary N) is 1. The summed E-state index contributed by atoms with van der Waals surface area (Å²) in [5, 5.41) is 2.83. The highest BCUT2D eigenvalue weighted by molar-refractivity contribution is 5.68. The van der Waals surface area contributed by atoms with Crippen molar-refractivity contribution in [2.45, 2.75) is 39.3 Å². The average Bonchev–Trinajstić information content (AvgIpc) is 2.46. The number of rotatable bonds is 4. The van der Waals surface area contributed by atoms with Crippen LogP contribution in [0.1, 0.15) is 32.8 Å². The molecule has 0 atom stereocenters. The molecule has 1 aromatic rings. The molecule has 4 nitrogen and oxygen atoms in total. The number of hydrogen-bond acceptors (Lipinski definition) is 3. The van der Waals surface area contributed by atoms with E-state index in [0.29, 0.717) is 6.54 Å². The van der Waals surface area contributed by atoms with E-state index in [4.69, 9.17) is 4.74 Å². The van der Waals surface area contributed by atoms with Gasteiger partial charge in [-0.2, -0.15) is 0 Å². The largest absolute Gasteiger partial charge is 0.444 e. The van der Waals surface area contributed by atoms with E-state index in [1.165, 1.54) is 11.1 Å². The van der Waals surface area contributed by atoms with Crippen LogP contribution >= 0.6 is 0 Å². The summed E-state index contributed by atoms with van der Waals surface area (Å²) in [7, 11) is 0. The van der Waals surface area contributed by atoms with Gasteiger partial charge in [0.25, 0.3) is 0 Å². The summed E-state index contributed by atoms with van der Waals surface area (Å²) in [5.74, 6) is 0. The van der Waals surface area contributed by atoms with Crippen LogP contribution in [0.5, 0.6) is 0 Å². The van der Waals surface area contributed by atoms with Gasteiger partial charge in [-0.15, -0.1) is 0 Å². The Morgan fingerprint density at radius 2 is 2.00 bits per heavy atom. The zero-order valence-corrected chi connectivity index (χ0v) is 13.8. The molecule has 1 aromatic carbocycles. The van der Waals surface area contributed by atoms with Crippen molar-refractivity contribution in [3.63, 3.8) is 0 Å². The van der Waals surface area contributed by atoms with Crippen LogP contribution in [0.15, 0.2) is 42.0 Å². The molecule has 22 heavy (non-hydrogen) atoms. The average molecular weight is 302 g/mol. The Morgan fingerprint density at radius 1 is 1.27 bits per heavy atom. The van der Waals surface area contributed by atoms with Crippen LogP contribution in [0.4, 0.5) is 4.79 Å². The van der Waals surface area contributed by atoms with Crippen LogP contribution in [0.25, 0.3) is 0 Å². The smallest absolute Gasteiger partial charge is 0.407 e. The summed E-state index contributed by atoms with van der Waals surface area (Å²) in [6, 6.07) is 10.5. The second kappa shape index (κ2) is 7.45. The van der Waals surface area contributed by atoms with Crippen molar-refractivity contribution in [2.24, 2.45) is 0 Å². The summed E-state index contributed by atoms with van der Waals surface area (Å²) in [6.07, 6.45) is 2.85. The van der Waals surface area contributed by atoms with Crippen molar-refractivity contribution in [1.82, 2.24) is 10.2 Å². The van der Waals surface area contributed by atoms with Gasteiger partial charge in [-0.3, -0.25) is 4.90 Å². The Kier molecular flexibility index (Phi) is 5.61. The minimum absolute atomic E-state index is 0.347. The van der Waals surface area contributed by atoms with Gasteiger partial charge in [-0.25, -0.2) is 4.79 Å². The van der Waals surface area contributed by atoms with Crippen molar-refractivity contribution in [2.75, 3.05) is 19.6 Å². The van der Waals surface area contributed by atoms with E-state index in [-0.39, 0.29) is 6.09 Å². The number of benzene rings is 1. The van der Waals surface area contributed by atoms with Crippen molar-refractivity contribution in [3.05, 3.63) is 47.5 Å². The van der Waals surface area contributed by atoms with Crippen LogP contribution in [0, 0.1) is 0 Å². The van der Waals surface area contributed by atoms with Gasteiger partial charge in [0.2, 0.25) is 0 Å². The summed E-state index contributed by atoms with van der Waals surface area (Å²) >= 11 is 0. The number of alkyl carbamates (subject to hydrolysis) is 1. The Bertz CT molecular complexity index is 518. The zero-order chi connectivity index (χ0) is 16.0. The molecule has 0 fully saturated rings. The van der Waals surface area contributed by atoms with Gasteiger partial charge in [-0.05, 0) is 32.8 Å². The lowest BCUT2D eigenvalue weighted by molar-refractivity contribution is 0.0532. The number of ether oxygens (including phenoxy) is 1. The van der Waals surface area contributed by atoms with Crippen LogP contribution in [0.3, 0.4) is 0 Å². The Morgan fingerprint density at radius 3 is 2.59 bits per heavy atom. The standard InChI is InChI=1S/C18H26N2O2/c1-18(2,3)22-17(21)19-13-15-9-11-20(12-10-15)14-16-7-5-4-6-8-16/h4-9H,10-14H2,1-3H3,(H,19,21). The van der Waals surface area contributed by atoms with E-state index < -0.39 is 5.60 Å². The third-order valence-electron chi connectivity index (χ3n) is 3.49. The fourth-order valence-electron chi connectivity index (χ4n) is 2.40. The molecular formula is C18H26N2O2. The van der Waals surface area contributed by atoms with Crippen molar-refractivity contribution in [1.29, 1.82) is 0 Å². The van der Waals surface area contributed by atoms with Gasteiger partial charge in [0.15, 0.2) is 0 Å². The minimum atomic E-state index is -0.447. The zero-order valence-electron chi connectivity index (χ0n) is 13.8. The quantitative estimate of drug-likeness (QED) is 0.867. The van der Waals surface area contributed by atoms with Crippen LogP contribution < -0.4 is 5.32 Å². The van der Waals surface area contributed by atoms with E-state index in [9.17, 15) is 4.79 Å². The molecule has 1 heterocycles. The third kappa shape index (κ3) is 5.90. The molecule has 1 aliphatic rings. The van der Waals surface area contributed by atoms with Crippen LogP contribution in [-0.2, 0) is 11.3 Å². The molecule has 0 radical (unpaired) electrons. The van der Waals surface area contributed by atoms with Gasteiger partial charge < -0.3 is 10.1 Å². The maximum atomic E-state index is 11.6. The summed E-state index contributed by atoms with van der Waals surface area (Å²) in [6.45, 7) is 9.12. The molecule has 0 aromatic heterocycles. The third-order valence-corrected chi connectivity index (χ3v) is 3.49. The second-order valence-electron chi connectivity index (χ2n) is 6.69. The first-order valence-electron chi connectivity index (χ1n) is 7.83. The topological polar surface area (TPSA) is 41.6 Å². The molecule has 1 aliphatic heterocycles. The molecule has 0 spiro atoms. The van der Waals surface area contributed by atoms with Crippen LogP contribution in [0.2, 0.25) is 0 Å². The predicted molar refractivity (Wildman–Crippen MR) is 88.7 cm³/mol. The fourth-order valence-corrected chi connectivity index (χ4v) is 2.40. The number of carbonyl (C=O) groups excluding carboxylic acids is 1. The van der Waals surface area contributed by atoms with E-state index in [1.807, 2.05) is 26.8 Å². The molecule has 120 valence electrons. The number of nitrogens with zero attached hydrogens (tertiary/aromatic N) is 1. The summed E-state index contributed by atoms with van der Waals surface area (Å²) < 4.78 is 5.24. The van der Waals surface area contributed by atoms with Gasteiger partial charge >= 0.3 is 6.09 Å². The Hall–Kier alpha value is -1.81. The van der Waals surface area contributed by atoms with E-state index in [1.54, 1.807) is 0 Å². The first kappa shape index (κ1) is 16.6. The van der Waals surface area contributed by atoms with Gasteiger partial charge in [0.05, 0.1) is 0 Å². The highest BCUT2D eigenvalue weighted by Crippen LogP contribution is 2.13. The van der Waals surface area contributed by atoms with Gasteiger partial charge in [0, 0.05) is 26.2 Å². The molecule has 4 heteroatoms. The molecular weight excluding hydrogens is 276 g/mol. The van der Waals surface area contributed by atoms with Crippen molar-refractivity contribution < 1.29 is 9.53 Å². The molecule has 0 saturated heterocycles. The number of hydrogen-bond donors (Lipinski definition) is 1. The molecule has 1 amide bonds. The maximum absolute atomic E-state index is 11.6. The number of carbonyl (C=O) groups is 1. The first-order chi connectivity index (χ1) is 10.4. The molecule has 0 saturated carbocycles. The molecule has 0 aliphatic carbocycles. The Balaban J connectivity index is 1.74. The van der Waals surface area contributed by atoms with E-state index in [2.05, 4.69) is 40.6 Å². The molecule has 0 bridgehead atoms. The SMILES string of the molecule is CC(C)(C)OC(=O)NCC1=CCN(Cc2ccccc2)CC1. The highest BCUT2D eigenvalue weighted by atomic mass is 16.6. The second-order valence-corrected chi connectivity index (χ2v) is 6.69. The van der Waals surface area contributed by atoms with Gasteiger partial charge in [-0.1, -0.05) is 42.0 Å². The van der Waals surface area contributed by atoms with Gasteiger partial charge in [0.1, 0.15) is 5.60 Å². The molecule has 0 unspecified atom stereocenters. The van der Waals surface area contributed by atoms with E-state index >= 15 is 0 Å². The predicted octanol–water partition coefficient (Wildman–Crippen LogP) is 3.34. The fraction of sp³-hybridized carbons (Fsp3) is 0.500. The summed E-state index contributed by atoms with van der Waals surface area (Å²) in [5.41, 5.74) is 2.17. The lowest BCUT2D eigenvalue weighted by Gasteiger charge is -2.26. The highest BCUT2D eigenvalue weighted by Gasteiger charge is 2.17. The first-order valence-corrected chi connectivity index (χ1v) is 7.83. The molecule has 2 rings (SSSR count). The minimum Gasteiger partial charge on any atom is -0.444 e. The summed E-state index contributed by atoms with van der Waals surface area (Å²) in [4.78, 5) is 14.0. The number of amides is 1. The van der Waals surface area contributed by atoms with Crippen molar-refractivity contribution in [3.8, 4) is 0 Å². The lowest BCUT2D eigenvalue weighted by atomic mass is 10.1.